The Morgan fingerprint density at radius 1 is 0.958 bits per heavy atom. The maximum Gasteiger partial charge on any atom is 0.264 e. The number of unbranched alkanes of at least 4 members (excludes halogenated alkanes) is 2. The Balaban J connectivity index is 0.848. The highest BCUT2D eigenvalue weighted by atomic mass is 16.2. The van der Waals surface area contributed by atoms with Crippen LogP contribution in [0.2, 0.25) is 0 Å². The minimum atomic E-state index is -0.970. The minimum Gasteiger partial charge on any atom is -0.371 e. The van der Waals surface area contributed by atoms with E-state index in [2.05, 4.69) is 43.5 Å². The number of hydrogen-bond acceptors (Lipinski definition) is 8. The number of benzene rings is 1. The lowest BCUT2D eigenvalue weighted by Gasteiger charge is -2.34. The molecule has 3 N–H and O–H groups in total. The highest BCUT2D eigenvalue weighted by Gasteiger charge is 2.46. The molecule has 12 heteroatoms. The molecule has 0 spiro atoms. The van der Waals surface area contributed by atoms with Crippen molar-refractivity contribution in [2.45, 2.75) is 82.7 Å². The zero-order chi connectivity index (χ0) is 33.4. The predicted octanol–water partition coefficient (Wildman–Crippen LogP) is 4.54. The third kappa shape index (κ3) is 6.33. The number of nitrogens with one attached hydrogen (secondary N) is 3. The predicted molar refractivity (Wildman–Crippen MR) is 180 cm³/mol. The van der Waals surface area contributed by atoms with Crippen LogP contribution in [0.3, 0.4) is 0 Å². The number of amides is 5. The van der Waals surface area contributed by atoms with Gasteiger partial charge in [-0.05, 0) is 76.2 Å². The third-order valence-corrected chi connectivity index (χ3v) is 10.6. The van der Waals surface area contributed by atoms with Gasteiger partial charge in [-0.25, -0.2) is 4.98 Å². The second-order valence-electron chi connectivity index (χ2n) is 13.7. The van der Waals surface area contributed by atoms with Gasteiger partial charge in [-0.15, -0.1) is 0 Å². The summed E-state index contributed by atoms with van der Waals surface area (Å²) in [5.41, 5.74) is 3.60. The summed E-state index contributed by atoms with van der Waals surface area (Å²) in [4.78, 5) is 77.0. The van der Waals surface area contributed by atoms with Gasteiger partial charge in [0.25, 0.3) is 11.8 Å². The van der Waals surface area contributed by atoms with Crippen molar-refractivity contribution in [3.8, 4) is 0 Å². The van der Waals surface area contributed by atoms with E-state index >= 15 is 0 Å². The fraction of sp³-hybridized carbons (Fsp3) is 0.500. The number of nitrogens with zero attached hydrogens (tertiary/aromatic N) is 4. The first-order chi connectivity index (χ1) is 23.3. The van der Waals surface area contributed by atoms with Crippen molar-refractivity contribution < 1.29 is 24.0 Å². The summed E-state index contributed by atoms with van der Waals surface area (Å²) >= 11 is 0. The van der Waals surface area contributed by atoms with Gasteiger partial charge < -0.3 is 15.2 Å². The highest BCUT2D eigenvalue weighted by Crippen LogP contribution is 2.37. The van der Waals surface area contributed by atoms with E-state index in [1.54, 1.807) is 12.1 Å². The molecule has 0 saturated carbocycles. The van der Waals surface area contributed by atoms with E-state index < -0.39 is 23.8 Å². The largest absolute Gasteiger partial charge is 0.371 e. The molecule has 0 aliphatic carbocycles. The fourth-order valence-corrected chi connectivity index (χ4v) is 7.92. The molecule has 2 aromatic heterocycles. The van der Waals surface area contributed by atoms with Crippen molar-refractivity contribution in [2.75, 3.05) is 36.9 Å². The summed E-state index contributed by atoms with van der Waals surface area (Å²) in [7, 11) is 2.16. The molecule has 3 fully saturated rings. The summed E-state index contributed by atoms with van der Waals surface area (Å²) < 4.78 is 0. The molecule has 2 atom stereocenters. The number of carbonyl (C=O) groups excluding carboxylic acids is 5. The van der Waals surface area contributed by atoms with Crippen molar-refractivity contribution in [1.29, 1.82) is 0 Å². The van der Waals surface area contributed by atoms with Crippen LogP contribution < -0.4 is 15.5 Å². The summed E-state index contributed by atoms with van der Waals surface area (Å²) in [6.45, 7) is 2.67. The Kier molecular flexibility index (Phi) is 9.00. The molecule has 12 nitrogen and oxygen atoms in total. The first-order valence-electron chi connectivity index (χ1n) is 17.3. The van der Waals surface area contributed by atoms with Crippen molar-refractivity contribution in [2.24, 2.45) is 5.92 Å². The SMILES string of the molecule is CN1CCC[C@@H]1c1cc2cnc(NC(=O)CCCCCC3CCN(c4cccc5c4C(=O)N(C4CCC(=O)NC4=O)C5=O)CC3)cc2[nH]1. The van der Waals surface area contributed by atoms with Crippen LogP contribution in [0.25, 0.3) is 10.9 Å². The first kappa shape index (κ1) is 32.0. The molecule has 5 amide bonds. The Labute approximate surface area is 279 Å². The van der Waals surface area contributed by atoms with Gasteiger partial charge in [0.1, 0.15) is 11.9 Å². The van der Waals surface area contributed by atoms with Crippen molar-refractivity contribution in [3.05, 3.63) is 53.3 Å². The molecule has 4 aliphatic rings. The van der Waals surface area contributed by atoms with Crippen LogP contribution in [0, 0.1) is 5.92 Å². The van der Waals surface area contributed by atoms with Crippen LogP contribution in [0.4, 0.5) is 11.5 Å². The molecule has 6 heterocycles. The number of hydrogen-bond donors (Lipinski definition) is 3. The van der Waals surface area contributed by atoms with Gasteiger partial charge in [0.15, 0.2) is 0 Å². The Hall–Kier alpha value is -4.58. The van der Waals surface area contributed by atoms with Gasteiger partial charge >= 0.3 is 0 Å². The zero-order valence-corrected chi connectivity index (χ0v) is 27.4. The summed E-state index contributed by atoms with van der Waals surface area (Å²) in [6.07, 6.45) is 10.8. The number of anilines is 2. The van der Waals surface area contributed by atoms with E-state index in [1.165, 1.54) is 12.1 Å². The van der Waals surface area contributed by atoms with E-state index in [4.69, 9.17) is 0 Å². The molecule has 0 bridgehead atoms. The normalized spacial score (nSPS) is 22.1. The van der Waals surface area contributed by atoms with Crippen molar-refractivity contribution in [1.82, 2.24) is 25.1 Å². The molecular formula is C36H43N7O5. The molecular weight excluding hydrogens is 610 g/mol. The lowest BCUT2D eigenvalue weighted by atomic mass is 9.90. The van der Waals surface area contributed by atoms with Crippen LogP contribution in [0.1, 0.15) is 103 Å². The number of carbonyl (C=O) groups is 5. The molecule has 3 saturated heterocycles. The van der Waals surface area contributed by atoms with Crippen LogP contribution in [0.15, 0.2) is 36.5 Å². The van der Waals surface area contributed by atoms with Crippen LogP contribution in [-0.4, -0.2) is 82.0 Å². The number of pyridine rings is 1. The number of H-pyrrole nitrogens is 1. The van der Waals surface area contributed by atoms with Crippen LogP contribution in [0.5, 0.6) is 0 Å². The highest BCUT2D eigenvalue weighted by molar-refractivity contribution is 6.25. The van der Waals surface area contributed by atoms with Gasteiger partial charge in [0.2, 0.25) is 17.7 Å². The number of aromatic amines is 1. The lowest BCUT2D eigenvalue weighted by molar-refractivity contribution is -0.136. The molecule has 3 aromatic rings. The molecule has 252 valence electrons. The summed E-state index contributed by atoms with van der Waals surface area (Å²) in [6, 6.07) is 8.83. The van der Waals surface area contributed by atoms with Gasteiger partial charge in [0.05, 0.1) is 22.3 Å². The second-order valence-corrected chi connectivity index (χ2v) is 13.7. The third-order valence-electron chi connectivity index (χ3n) is 10.6. The molecule has 1 unspecified atom stereocenters. The maximum absolute atomic E-state index is 13.5. The molecule has 0 radical (unpaired) electrons. The number of fused-ring (bicyclic) bond motifs is 2. The zero-order valence-electron chi connectivity index (χ0n) is 27.4. The van der Waals surface area contributed by atoms with Gasteiger partial charge in [-0.1, -0.05) is 25.3 Å². The average molecular weight is 654 g/mol. The Bertz CT molecular complexity index is 1760. The second kappa shape index (κ2) is 13.5. The smallest absolute Gasteiger partial charge is 0.264 e. The minimum absolute atomic E-state index is 0.0166. The van der Waals surface area contributed by atoms with Gasteiger partial charge in [-0.2, -0.15) is 0 Å². The monoisotopic (exact) mass is 653 g/mol. The summed E-state index contributed by atoms with van der Waals surface area (Å²) in [5.74, 6) is -0.807. The maximum atomic E-state index is 13.5. The molecule has 7 rings (SSSR count). The van der Waals surface area contributed by atoms with E-state index in [1.807, 2.05) is 18.3 Å². The standard InChI is InChI=1S/C36H43N7O5/c1-41-16-6-10-27(41)26-19-23-21-37-30(20-25(23)38-26)39-31(44)11-4-2-3-7-22-14-17-42(18-15-22)28-9-5-8-24-33(28)36(48)43(35(24)47)29-12-13-32(45)40-34(29)46/h5,8-9,19-22,27,29,38H,2-4,6-7,10-18H2,1H3,(H,37,39,44)(H,40,45,46)/t27-,29?/m1/s1. The van der Waals surface area contributed by atoms with E-state index in [9.17, 15) is 24.0 Å². The average Bonchev–Trinajstić information content (AvgIpc) is 3.76. The van der Waals surface area contributed by atoms with Crippen LogP contribution in [-0.2, 0) is 14.4 Å². The number of rotatable bonds is 10. The van der Waals surface area contributed by atoms with Crippen LogP contribution >= 0.6 is 0 Å². The molecule has 4 aliphatic heterocycles. The first-order valence-corrected chi connectivity index (χ1v) is 17.3. The van der Waals surface area contributed by atoms with Gasteiger partial charge in [-0.3, -0.25) is 39.1 Å². The lowest BCUT2D eigenvalue weighted by Crippen LogP contribution is -2.54. The fourth-order valence-electron chi connectivity index (χ4n) is 7.92. The number of piperidine rings is 2. The van der Waals surface area contributed by atoms with Crippen molar-refractivity contribution in [3.63, 3.8) is 0 Å². The number of imide groups is 2. The number of likely N-dealkylation sites (tertiary alicyclic amines) is 1. The number of aromatic nitrogens is 2. The molecule has 1 aromatic carbocycles. The topological polar surface area (TPSA) is 148 Å². The van der Waals surface area contributed by atoms with Gasteiger partial charge in [0, 0.05) is 55.3 Å². The summed E-state index contributed by atoms with van der Waals surface area (Å²) in [5, 5.41) is 6.27. The Morgan fingerprint density at radius 2 is 1.79 bits per heavy atom. The van der Waals surface area contributed by atoms with E-state index in [-0.39, 0.29) is 24.7 Å². The quantitative estimate of drug-likeness (QED) is 0.214. The van der Waals surface area contributed by atoms with E-state index in [0.29, 0.717) is 35.3 Å². The molecule has 48 heavy (non-hydrogen) atoms. The van der Waals surface area contributed by atoms with Crippen molar-refractivity contribution >= 4 is 51.9 Å². The van der Waals surface area contributed by atoms with E-state index in [0.717, 1.165) is 86.1 Å². The Morgan fingerprint density at radius 3 is 2.56 bits per heavy atom.